The second-order valence-electron chi connectivity index (χ2n) is 4.88. The zero-order valence-electron chi connectivity index (χ0n) is 10.3. The lowest BCUT2D eigenvalue weighted by Crippen LogP contribution is -2.48. The second kappa shape index (κ2) is 5.80. The molecule has 3 nitrogen and oxygen atoms in total. The third-order valence-corrected chi connectivity index (χ3v) is 3.67. The van der Waals surface area contributed by atoms with E-state index in [4.69, 9.17) is 17.3 Å². The molecule has 0 aliphatic carbocycles. The summed E-state index contributed by atoms with van der Waals surface area (Å²) in [6, 6.07) is 4.62. The van der Waals surface area contributed by atoms with Gasteiger partial charge in [-0.05, 0) is 37.9 Å². The van der Waals surface area contributed by atoms with E-state index in [1.54, 1.807) is 0 Å². The van der Waals surface area contributed by atoms with Crippen molar-refractivity contribution in [3.8, 4) is 0 Å². The number of likely N-dealkylation sites (tertiary alicyclic amines) is 1. The van der Waals surface area contributed by atoms with E-state index < -0.39 is 0 Å². The Morgan fingerprint density at radius 1 is 1.53 bits per heavy atom. The summed E-state index contributed by atoms with van der Waals surface area (Å²) in [7, 11) is 0. The van der Waals surface area contributed by atoms with Crippen LogP contribution in [0.25, 0.3) is 0 Å². The molecule has 2 unspecified atom stereocenters. The Morgan fingerprint density at radius 3 is 3.00 bits per heavy atom. The molecule has 1 fully saturated rings. The Hall–Kier alpha value is -0.640. The molecule has 2 heterocycles. The molecule has 2 N–H and O–H groups in total. The fraction of sp³-hybridized carbons (Fsp3) is 0.615. The van der Waals surface area contributed by atoms with Crippen molar-refractivity contribution in [2.45, 2.75) is 44.8 Å². The minimum atomic E-state index is 0.232. The normalized spacial score (nSPS) is 23.6. The van der Waals surface area contributed by atoms with Gasteiger partial charge in [0.15, 0.2) is 0 Å². The van der Waals surface area contributed by atoms with E-state index in [1.807, 2.05) is 18.3 Å². The number of halogens is 1. The summed E-state index contributed by atoms with van der Waals surface area (Å²) in [5, 5.41) is 0.552. The molecule has 0 saturated carbocycles. The molecule has 0 aromatic carbocycles. The number of nitrogens with two attached hydrogens (primary N) is 1. The minimum absolute atomic E-state index is 0.232. The molecule has 17 heavy (non-hydrogen) atoms. The van der Waals surface area contributed by atoms with Gasteiger partial charge in [-0.3, -0.25) is 4.90 Å². The number of hydrogen-bond acceptors (Lipinski definition) is 3. The third-order valence-electron chi connectivity index (χ3n) is 3.45. The maximum absolute atomic E-state index is 6.06. The summed E-state index contributed by atoms with van der Waals surface area (Å²) in [5.74, 6) is 0. The molecule has 1 aromatic rings. The summed E-state index contributed by atoms with van der Waals surface area (Å²) in [5.41, 5.74) is 7.27. The highest BCUT2D eigenvalue weighted by atomic mass is 35.5. The summed E-state index contributed by atoms with van der Waals surface area (Å²) < 4.78 is 0. The molecule has 2 atom stereocenters. The molecule has 4 heteroatoms. The van der Waals surface area contributed by atoms with Crippen LogP contribution in [0, 0.1) is 0 Å². The molecule has 94 valence electrons. The van der Waals surface area contributed by atoms with Gasteiger partial charge in [-0.1, -0.05) is 24.1 Å². The van der Waals surface area contributed by atoms with Crippen molar-refractivity contribution in [1.82, 2.24) is 9.88 Å². The fourth-order valence-electron chi connectivity index (χ4n) is 2.54. The minimum Gasteiger partial charge on any atom is -0.327 e. The third kappa shape index (κ3) is 3.41. The standard InChI is InChI=1S/C13H20ClN3/c1-10(15)12-4-2-3-7-17(12)9-11-5-6-13(14)16-8-11/h5-6,8,10,12H,2-4,7,9,15H2,1H3. The van der Waals surface area contributed by atoms with Crippen LogP contribution >= 0.6 is 11.6 Å². The van der Waals surface area contributed by atoms with E-state index in [1.165, 1.54) is 24.8 Å². The van der Waals surface area contributed by atoms with Gasteiger partial charge in [0.05, 0.1) is 0 Å². The highest BCUT2D eigenvalue weighted by molar-refractivity contribution is 6.29. The van der Waals surface area contributed by atoms with Gasteiger partial charge in [-0.25, -0.2) is 4.98 Å². The van der Waals surface area contributed by atoms with Crippen molar-refractivity contribution < 1.29 is 0 Å². The monoisotopic (exact) mass is 253 g/mol. The SMILES string of the molecule is CC(N)C1CCCCN1Cc1ccc(Cl)nc1. The van der Waals surface area contributed by atoms with Crippen LogP contribution in [-0.4, -0.2) is 28.5 Å². The molecule has 1 aliphatic heterocycles. The van der Waals surface area contributed by atoms with Crippen LogP contribution in [0.2, 0.25) is 5.15 Å². The molecule has 0 bridgehead atoms. The van der Waals surface area contributed by atoms with Crippen molar-refractivity contribution in [2.24, 2.45) is 5.73 Å². The summed E-state index contributed by atoms with van der Waals surface area (Å²) in [6.45, 7) is 4.16. The lowest BCUT2D eigenvalue weighted by atomic mass is 9.96. The number of aromatic nitrogens is 1. The van der Waals surface area contributed by atoms with Crippen molar-refractivity contribution >= 4 is 11.6 Å². The van der Waals surface area contributed by atoms with Gasteiger partial charge in [0, 0.05) is 24.8 Å². The van der Waals surface area contributed by atoms with Gasteiger partial charge in [0.1, 0.15) is 5.15 Å². The van der Waals surface area contributed by atoms with E-state index in [2.05, 4.69) is 16.8 Å². The van der Waals surface area contributed by atoms with E-state index in [-0.39, 0.29) is 6.04 Å². The van der Waals surface area contributed by atoms with E-state index >= 15 is 0 Å². The fourth-order valence-corrected chi connectivity index (χ4v) is 2.65. The van der Waals surface area contributed by atoms with Crippen LogP contribution in [0.3, 0.4) is 0 Å². The lowest BCUT2D eigenvalue weighted by molar-refractivity contribution is 0.123. The van der Waals surface area contributed by atoms with E-state index in [9.17, 15) is 0 Å². The molecule has 2 rings (SSSR count). The summed E-state index contributed by atoms with van der Waals surface area (Å²) in [6.07, 6.45) is 5.62. The Balaban J connectivity index is 2.02. The highest BCUT2D eigenvalue weighted by Gasteiger charge is 2.25. The first-order valence-electron chi connectivity index (χ1n) is 6.27. The number of piperidine rings is 1. The van der Waals surface area contributed by atoms with Crippen molar-refractivity contribution in [3.63, 3.8) is 0 Å². The van der Waals surface area contributed by atoms with Gasteiger partial charge < -0.3 is 5.73 Å². The quantitative estimate of drug-likeness (QED) is 0.842. The van der Waals surface area contributed by atoms with Crippen molar-refractivity contribution in [3.05, 3.63) is 29.0 Å². The van der Waals surface area contributed by atoms with E-state index in [0.717, 1.165) is 13.1 Å². The van der Waals surface area contributed by atoms with Gasteiger partial charge in [-0.15, -0.1) is 0 Å². The van der Waals surface area contributed by atoms with Gasteiger partial charge in [0.25, 0.3) is 0 Å². The van der Waals surface area contributed by atoms with Crippen molar-refractivity contribution in [1.29, 1.82) is 0 Å². The number of rotatable bonds is 3. The zero-order valence-corrected chi connectivity index (χ0v) is 11.0. The molecular weight excluding hydrogens is 234 g/mol. The topological polar surface area (TPSA) is 42.1 Å². The van der Waals surface area contributed by atoms with Crippen LogP contribution in [0.5, 0.6) is 0 Å². The zero-order chi connectivity index (χ0) is 12.3. The smallest absolute Gasteiger partial charge is 0.129 e. The largest absolute Gasteiger partial charge is 0.327 e. The van der Waals surface area contributed by atoms with Crippen LogP contribution in [0.1, 0.15) is 31.7 Å². The Kier molecular flexibility index (Phi) is 4.37. The first-order valence-corrected chi connectivity index (χ1v) is 6.64. The Bertz CT molecular complexity index is 350. The average Bonchev–Trinajstić information content (AvgIpc) is 2.32. The van der Waals surface area contributed by atoms with Gasteiger partial charge in [-0.2, -0.15) is 0 Å². The predicted octanol–water partition coefficient (Wildman–Crippen LogP) is 2.44. The maximum Gasteiger partial charge on any atom is 0.129 e. The first-order chi connectivity index (χ1) is 8.16. The van der Waals surface area contributed by atoms with Crippen LogP contribution in [-0.2, 0) is 6.54 Å². The van der Waals surface area contributed by atoms with Crippen LogP contribution in [0.4, 0.5) is 0 Å². The Morgan fingerprint density at radius 2 is 2.35 bits per heavy atom. The Labute approximate surface area is 108 Å². The number of nitrogens with zero attached hydrogens (tertiary/aromatic N) is 2. The molecule has 0 radical (unpaired) electrons. The van der Waals surface area contributed by atoms with Crippen LogP contribution < -0.4 is 5.73 Å². The average molecular weight is 254 g/mol. The summed E-state index contributed by atoms with van der Waals surface area (Å²) in [4.78, 5) is 6.59. The maximum atomic E-state index is 6.06. The van der Waals surface area contributed by atoms with Gasteiger partial charge >= 0.3 is 0 Å². The highest BCUT2D eigenvalue weighted by Crippen LogP contribution is 2.21. The second-order valence-corrected chi connectivity index (χ2v) is 5.27. The molecule has 0 amide bonds. The first kappa shape index (κ1) is 12.8. The number of pyridine rings is 1. The van der Waals surface area contributed by atoms with Gasteiger partial charge in [0.2, 0.25) is 0 Å². The van der Waals surface area contributed by atoms with E-state index in [0.29, 0.717) is 11.2 Å². The molecule has 1 aliphatic rings. The molecular formula is C13H20ClN3. The lowest BCUT2D eigenvalue weighted by Gasteiger charge is -2.38. The molecule has 0 spiro atoms. The van der Waals surface area contributed by atoms with Crippen LogP contribution in [0.15, 0.2) is 18.3 Å². The summed E-state index contributed by atoms with van der Waals surface area (Å²) >= 11 is 5.79. The number of hydrogen-bond donors (Lipinski definition) is 1. The predicted molar refractivity (Wildman–Crippen MR) is 70.9 cm³/mol. The molecule has 1 saturated heterocycles. The van der Waals surface area contributed by atoms with Crippen molar-refractivity contribution in [2.75, 3.05) is 6.54 Å². The molecule has 1 aromatic heterocycles.